The molecule has 2 heterocycles. The van der Waals surface area contributed by atoms with E-state index in [-0.39, 0.29) is 33.1 Å². The standard InChI is InChI=1S/C45H22B5N3O/c46-38-37(39(47)41(49)42(50)40(38)48)45-52-43(23-9-2-1-3-10-23)51-44(53-45)31-15-8-16-35-36(31)33-22-25(18-20-34(33)54-35)24-17-19-30-28-13-5-4-11-26(28)27-12-6-7-14-29(27)32(30)21-24/h1-22H. The molecular formula is C45H22B5N3O. The Balaban J connectivity index is 1.20. The summed E-state index contributed by atoms with van der Waals surface area (Å²) in [7, 11) is 31.7. The van der Waals surface area contributed by atoms with Crippen LogP contribution >= 0.6 is 0 Å². The third-order valence-electron chi connectivity index (χ3n) is 10.4. The molecule has 0 bridgehead atoms. The molecule has 0 aliphatic carbocycles. The first-order valence-electron chi connectivity index (χ1n) is 17.5. The van der Waals surface area contributed by atoms with Crippen LogP contribution in [0.2, 0.25) is 0 Å². The number of hydrogen-bond donors (Lipinski definition) is 0. The number of benzene rings is 8. The molecular weight excluding hydrogens is 653 g/mol. The van der Waals surface area contributed by atoms with Gasteiger partial charge >= 0.3 is 0 Å². The van der Waals surface area contributed by atoms with Crippen LogP contribution in [0.25, 0.3) is 99.5 Å². The minimum Gasteiger partial charge on any atom is -0.456 e. The second kappa shape index (κ2) is 12.4. The lowest BCUT2D eigenvalue weighted by Crippen LogP contribution is -2.55. The van der Waals surface area contributed by atoms with Gasteiger partial charge in [-0.3, -0.25) is 0 Å². The molecule has 0 spiro atoms. The van der Waals surface area contributed by atoms with Crippen LogP contribution in [0.3, 0.4) is 0 Å². The van der Waals surface area contributed by atoms with E-state index in [9.17, 15) is 0 Å². The molecule has 238 valence electrons. The number of rotatable bonds is 4. The van der Waals surface area contributed by atoms with E-state index in [0.717, 1.165) is 38.6 Å². The zero-order chi connectivity index (χ0) is 36.7. The summed E-state index contributed by atoms with van der Waals surface area (Å²) in [6.45, 7) is 0. The van der Waals surface area contributed by atoms with Crippen molar-refractivity contribution in [3.8, 4) is 45.3 Å². The fourth-order valence-electron chi connectivity index (χ4n) is 7.70. The summed E-state index contributed by atoms with van der Waals surface area (Å²) in [6, 6.07) is 45.7. The van der Waals surface area contributed by atoms with Crippen molar-refractivity contribution in [3.05, 3.63) is 133 Å². The van der Waals surface area contributed by atoms with E-state index in [1.807, 2.05) is 54.6 Å². The van der Waals surface area contributed by atoms with Gasteiger partial charge in [0.05, 0.1) is 0 Å². The van der Waals surface area contributed by atoms with E-state index in [2.05, 4.69) is 78.9 Å². The van der Waals surface area contributed by atoms with Crippen molar-refractivity contribution in [2.24, 2.45) is 0 Å². The Hall–Kier alpha value is -6.33. The summed E-state index contributed by atoms with van der Waals surface area (Å²) in [6.07, 6.45) is 0. The van der Waals surface area contributed by atoms with Gasteiger partial charge in [-0.1, -0.05) is 120 Å². The first kappa shape index (κ1) is 32.3. The first-order valence-corrected chi connectivity index (χ1v) is 17.5. The van der Waals surface area contributed by atoms with Gasteiger partial charge in [-0.15, -0.1) is 16.4 Å². The molecule has 4 nitrogen and oxygen atoms in total. The average Bonchev–Trinajstić information content (AvgIpc) is 3.61. The van der Waals surface area contributed by atoms with E-state index in [1.54, 1.807) is 0 Å². The Labute approximate surface area is 317 Å². The minimum atomic E-state index is 0.115. The number of furan rings is 1. The third kappa shape index (κ3) is 4.95. The number of nitrogens with zero attached hydrogens (tertiary/aromatic N) is 3. The Morgan fingerprint density at radius 3 is 1.54 bits per heavy atom. The van der Waals surface area contributed by atoms with Crippen molar-refractivity contribution < 1.29 is 4.42 Å². The molecule has 10 aromatic rings. The highest BCUT2D eigenvalue weighted by Gasteiger charge is 2.21. The molecule has 0 aliphatic rings. The molecule has 0 saturated carbocycles. The average molecular weight is 675 g/mol. The molecule has 54 heavy (non-hydrogen) atoms. The smallest absolute Gasteiger partial charge is 0.164 e. The maximum atomic E-state index is 6.52. The zero-order valence-electron chi connectivity index (χ0n) is 28.8. The van der Waals surface area contributed by atoms with Gasteiger partial charge in [-0.25, -0.2) is 15.0 Å². The van der Waals surface area contributed by atoms with Crippen LogP contribution in [0.5, 0.6) is 0 Å². The third-order valence-corrected chi connectivity index (χ3v) is 10.4. The van der Waals surface area contributed by atoms with Crippen LogP contribution in [-0.2, 0) is 0 Å². The van der Waals surface area contributed by atoms with Crippen LogP contribution in [0.15, 0.2) is 138 Å². The first-order chi connectivity index (χ1) is 26.4. The molecule has 8 aromatic carbocycles. The Kier molecular flexibility index (Phi) is 7.42. The van der Waals surface area contributed by atoms with Gasteiger partial charge in [0.15, 0.2) is 17.5 Å². The Bertz CT molecular complexity index is 3120. The highest BCUT2D eigenvalue weighted by molar-refractivity contribution is 6.68. The molecule has 0 saturated heterocycles. The fourth-order valence-corrected chi connectivity index (χ4v) is 7.70. The van der Waals surface area contributed by atoms with Crippen molar-refractivity contribution in [1.29, 1.82) is 0 Å². The van der Waals surface area contributed by atoms with Gasteiger partial charge in [-0.2, -0.15) is 0 Å². The second-order valence-electron chi connectivity index (χ2n) is 13.5. The van der Waals surface area contributed by atoms with E-state index in [0.29, 0.717) is 22.8 Å². The summed E-state index contributed by atoms with van der Waals surface area (Å²) < 4.78 is 6.44. The van der Waals surface area contributed by atoms with Crippen molar-refractivity contribution in [2.75, 3.05) is 0 Å². The lowest BCUT2D eigenvalue weighted by atomic mass is 9.60. The van der Waals surface area contributed by atoms with Crippen LogP contribution in [0.4, 0.5) is 0 Å². The van der Waals surface area contributed by atoms with Gasteiger partial charge in [0.25, 0.3) is 0 Å². The maximum Gasteiger partial charge on any atom is 0.164 e. The monoisotopic (exact) mass is 675 g/mol. The Morgan fingerprint density at radius 2 is 0.870 bits per heavy atom. The van der Waals surface area contributed by atoms with Crippen molar-refractivity contribution in [2.45, 2.75) is 0 Å². The number of aromatic nitrogens is 3. The molecule has 9 heteroatoms. The molecule has 0 fully saturated rings. The van der Waals surface area contributed by atoms with Crippen LogP contribution in [-0.4, -0.2) is 54.2 Å². The molecule has 2 aromatic heterocycles. The van der Waals surface area contributed by atoms with E-state index in [1.165, 1.54) is 32.3 Å². The summed E-state index contributed by atoms with van der Waals surface area (Å²) in [4.78, 5) is 14.8. The minimum absolute atomic E-state index is 0.115. The normalized spacial score (nSPS) is 11.7. The van der Waals surface area contributed by atoms with Gasteiger partial charge < -0.3 is 4.42 Å². The lowest BCUT2D eigenvalue weighted by Gasteiger charge is -2.20. The number of hydrogen-bond acceptors (Lipinski definition) is 4. The summed E-state index contributed by atoms with van der Waals surface area (Å²) >= 11 is 0. The highest BCUT2D eigenvalue weighted by Crippen LogP contribution is 2.40. The summed E-state index contributed by atoms with van der Waals surface area (Å²) in [5.41, 5.74) is 6.02. The second-order valence-corrected chi connectivity index (χ2v) is 13.5. The highest BCUT2D eigenvalue weighted by atomic mass is 16.3. The topological polar surface area (TPSA) is 51.8 Å². The lowest BCUT2D eigenvalue weighted by molar-refractivity contribution is 0.669. The van der Waals surface area contributed by atoms with Gasteiger partial charge in [0.2, 0.25) is 0 Å². The van der Waals surface area contributed by atoms with Gasteiger partial charge in [0.1, 0.15) is 50.4 Å². The van der Waals surface area contributed by atoms with Crippen LogP contribution in [0, 0.1) is 0 Å². The SMILES string of the molecule is [B]c1c([B])c([B])c(-c2nc(-c3ccccc3)nc(-c3cccc4oc5ccc(-c6ccc7c8ccccc8c8ccccc8c7c6)cc5c34)n2)c([B])c1[B]. The molecule has 0 aliphatic heterocycles. The molecule has 0 amide bonds. The van der Waals surface area contributed by atoms with Crippen molar-refractivity contribution >= 4 is 121 Å². The van der Waals surface area contributed by atoms with E-state index in [4.69, 9.17) is 58.6 Å². The molecule has 10 radical (unpaired) electrons. The van der Waals surface area contributed by atoms with E-state index >= 15 is 0 Å². The van der Waals surface area contributed by atoms with Gasteiger partial charge in [0, 0.05) is 27.5 Å². The summed E-state index contributed by atoms with van der Waals surface area (Å²) in [5.74, 6) is 1.04. The molecule has 0 N–H and O–H groups in total. The maximum absolute atomic E-state index is 6.52. The van der Waals surface area contributed by atoms with Crippen LogP contribution in [0.1, 0.15) is 0 Å². The fraction of sp³-hybridized carbons (Fsp3) is 0. The molecule has 0 atom stereocenters. The predicted molar refractivity (Wildman–Crippen MR) is 228 cm³/mol. The van der Waals surface area contributed by atoms with Crippen molar-refractivity contribution in [3.63, 3.8) is 0 Å². The Morgan fingerprint density at radius 1 is 0.352 bits per heavy atom. The van der Waals surface area contributed by atoms with Crippen molar-refractivity contribution in [1.82, 2.24) is 15.0 Å². The quantitative estimate of drug-likeness (QED) is 0.173. The van der Waals surface area contributed by atoms with E-state index < -0.39 is 0 Å². The van der Waals surface area contributed by atoms with Crippen LogP contribution < -0.4 is 27.3 Å². The predicted octanol–water partition coefficient (Wildman–Crippen LogP) is 5.87. The largest absolute Gasteiger partial charge is 0.456 e. The summed E-state index contributed by atoms with van der Waals surface area (Å²) in [5, 5.41) is 9.14. The number of fused-ring (bicyclic) bond motifs is 9. The zero-order valence-corrected chi connectivity index (χ0v) is 28.8. The van der Waals surface area contributed by atoms with Gasteiger partial charge in [-0.05, 0) is 67.7 Å². The molecule has 10 rings (SSSR count). The molecule has 0 unspecified atom stereocenters.